The van der Waals surface area contributed by atoms with Crippen LogP contribution >= 0.6 is 0 Å². The van der Waals surface area contributed by atoms with Crippen molar-refractivity contribution in [3.05, 3.63) is 36.5 Å². The molecule has 0 radical (unpaired) electrons. The Morgan fingerprint density at radius 3 is 2.92 bits per heavy atom. The molecule has 1 aromatic heterocycles. The third-order valence-electron chi connectivity index (χ3n) is 4.35. The predicted octanol–water partition coefficient (Wildman–Crippen LogP) is 2.04. The SMILES string of the molecule is C=CCCc1nc2ccc(OC)cc2nc1O[C@H]1CN[C@H](C(=O)OC)C1. The predicted molar refractivity (Wildman–Crippen MR) is 97.4 cm³/mol. The zero-order chi connectivity index (χ0) is 18.5. The van der Waals surface area contributed by atoms with Gasteiger partial charge in [-0.05, 0) is 25.0 Å². The van der Waals surface area contributed by atoms with E-state index in [4.69, 9.17) is 19.2 Å². The van der Waals surface area contributed by atoms with E-state index >= 15 is 0 Å². The van der Waals surface area contributed by atoms with Crippen LogP contribution in [0.5, 0.6) is 11.6 Å². The van der Waals surface area contributed by atoms with Crippen LogP contribution < -0.4 is 14.8 Å². The summed E-state index contributed by atoms with van der Waals surface area (Å²) in [5.74, 6) is 0.923. The fourth-order valence-electron chi connectivity index (χ4n) is 2.95. The normalized spacial score (nSPS) is 19.3. The molecule has 0 bridgehead atoms. The van der Waals surface area contributed by atoms with E-state index < -0.39 is 0 Å². The van der Waals surface area contributed by atoms with E-state index in [0.717, 1.165) is 17.6 Å². The Morgan fingerprint density at radius 1 is 1.35 bits per heavy atom. The number of esters is 1. The van der Waals surface area contributed by atoms with Crippen LogP contribution in [0.2, 0.25) is 0 Å². The third kappa shape index (κ3) is 3.94. The smallest absolute Gasteiger partial charge is 0.323 e. The van der Waals surface area contributed by atoms with Crippen LogP contribution in [0.3, 0.4) is 0 Å². The largest absolute Gasteiger partial charge is 0.497 e. The Labute approximate surface area is 152 Å². The molecular weight excluding hydrogens is 334 g/mol. The van der Waals surface area contributed by atoms with Gasteiger partial charge in [0.1, 0.15) is 23.6 Å². The Balaban J connectivity index is 1.86. The van der Waals surface area contributed by atoms with Gasteiger partial charge in [0.05, 0.1) is 25.3 Å². The number of carbonyl (C=O) groups excluding carboxylic acids is 1. The highest BCUT2D eigenvalue weighted by Gasteiger charge is 2.32. The van der Waals surface area contributed by atoms with Crippen molar-refractivity contribution in [1.29, 1.82) is 0 Å². The molecule has 1 aromatic carbocycles. The van der Waals surface area contributed by atoms with Crippen LogP contribution in [-0.2, 0) is 16.0 Å². The number of carbonyl (C=O) groups is 1. The molecule has 2 aromatic rings. The van der Waals surface area contributed by atoms with Gasteiger partial charge in [-0.2, -0.15) is 0 Å². The van der Waals surface area contributed by atoms with Gasteiger partial charge in [0.25, 0.3) is 0 Å². The first-order valence-electron chi connectivity index (χ1n) is 8.58. The molecule has 0 unspecified atom stereocenters. The van der Waals surface area contributed by atoms with Crippen molar-refractivity contribution in [2.45, 2.75) is 31.4 Å². The number of nitrogens with zero attached hydrogens (tertiary/aromatic N) is 2. The lowest BCUT2D eigenvalue weighted by Crippen LogP contribution is -2.31. The van der Waals surface area contributed by atoms with Crippen LogP contribution in [0.15, 0.2) is 30.9 Å². The maximum Gasteiger partial charge on any atom is 0.323 e. The highest BCUT2D eigenvalue weighted by atomic mass is 16.5. The molecule has 7 nitrogen and oxygen atoms in total. The number of ether oxygens (including phenoxy) is 3. The number of benzene rings is 1. The van der Waals surface area contributed by atoms with Gasteiger partial charge in [-0.1, -0.05) is 6.08 Å². The van der Waals surface area contributed by atoms with Crippen LogP contribution in [0, 0.1) is 0 Å². The standard InChI is InChI=1S/C19H23N3O4/c1-4-5-6-15-18(26-13-10-17(20-11-13)19(23)25-3)22-16-9-12(24-2)7-8-14(16)21-15/h4,7-9,13,17,20H,1,5-6,10-11H2,2-3H3/t13-,17+/m1/s1. The summed E-state index contributed by atoms with van der Waals surface area (Å²) < 4.78 is 16.1. The summed E-state index contributed by atoms with van der Waals surface area (Å²) in [5, 5.41) is 3.11. The first kappa shape index (κ1) is 18.1. The van der Waals surface area contributed by atoms with Gasteiger partial charge in [-0.25, -0.2) is 9.97 Å². The van der Waals surface area contributed by atoms with Crippen LogP contribution in [0.25, 0.3) is 11.0 Å². The summed E-state index contributed by atoms with van der Waals surface area (Å²) in [6.45, 7) is 4.32. The van der Waals surface area contributed by atoms with Crippen LogP contribution in [-0.4, -0.2) is 48.8 Å². The highest BCUT2D eigenvalue weighted by Crippen LogP contribution is 2.26. The minimum atomic E-state index is -0.352. The van der Waals surface area contributed by atoms with E-state index in [2.05, 4.69) is 16.9 Å². The quantitative estimate of drug-likeness (QED) is 0.600. The number of aromatic nitrogens is 2. The minimum absolute atomic E-state index is 0.168. The lowest BCUT2D eigenvalue weighted by molar-refractivity contribution is -0.142. The van der Waals surface area contributed by atoms with E-state index in [-0.39, 0.29) is 18.1 Å². The van der Waals surface area contributed by atoms with Gasteiger partial charge in [-0.3, -0.25) is 4.79 Å². The van der Waals surface area contributed by atoms with E-state index in [1.807, 2.05) is 24.3 Å². The first-order valence-corrected chi connectivity index (χ1v) is 8.58. The molecule has 0 saturated carbocycles. The van der Waals surface area contributed by atoms with Gasteiger partial charge in [-0.15, -0.1) is 6.58 Å². The number of rotatable bonds is 7. The molecule has 138 valence electrons. The molecule has 0 aliphatic carbocycles. The summed E-state index contributed by atoms with van der Waals surface area (Å²) in [6.07, 6.45) is 3.67. The highest BCUT2D eigenvalue weighted by molar-refractivity contribution is 5.77. The number of aryl methyl sites for hydroxylation is 1. The summed E-state index contributed by atoms with van der Waals surface area (Å²) in [4.78, 5) is 21.0. The molecule has 1 aliphatic heterocycles. The average Bonchev–Trinajstić information content (AvgIpc) is 3.13. The zero-order valence-corrected chi connectivity index (χ0v) is 15.0. The van der Waals surface area contributed by atoms with Crippen molar-refractivity contribution in [3.63, 3.8) is 0 Å². The van der Waals surface area contributed by atoms with Crippen molar-refractivity contribution in [2.75, 3.05) is 20.8 Å². The molecule has 2 atom stereocenters. The third-order valence-corrected chi connectivity index (χ3v) is 4.35. The topological polar surface area (TPSA) is 82.6 Å². The fourth-order valence-corrected chi connectivity index (χ4v) is 2.95. The molecule has 1 saturated heterocycles. The molecule has 0 spiro atoms. The maximum absolute atomic E-state index is 11.7. The molecule has 2 heterocycles. The van der Waals surface area contributed by atoms with Crippen molar-refractivity contribution in [2.24, 2.45) is 0 Å². The second-order valence-electron chi connectivity index (χ2n) is 6.12. The molecular formula is C19H23N3O4. The van der Waals surface area contributed by atoms with Gasteiger partial charge < -0.3 is 19.5 Å². The fraction of sp³-hybridized carbons (Fsp3) is 0.421. The van der Waals surface area contributed by atoms with Gasteiger partial charge in [0.2, 0.25) is 5.88 Å². The second-order valence-corrected chi connectivity index (χ2v) is 6.12. The number of methoxy groups -OCH3 is 2. The molecule has 26 heavy (non-hydrogen) atoms. The molecule has 3 rings (SSSR count). The number of hydrogen-bond acceptors (Lipinski definition) is 7. The molecule has 1 N–H and O–H groups in total. The summed E-state index contributed by atoms with van der Waals surface area (Å²) in [7, 11) is 3.00. The number of hydrogen-bond donors (Lipinski definition) is 1. The van der Waals surface area contributed by atoms with Crippen LogP contribution in [0.4, 0.5) is 0 Å². The lowest BCUT2D eigenvalue weighted by atomic mass is 10.2. The van der Waals surface area contributed by atoms with Gasteiger partial charge >= 0.3 is 5.97 Å². The minimum Gasteiger partial charge on any atom is -0.497 e. The second kappa shape index (κ2) is 8.14. The summed E-state index contributed by atoms with van der Waals surface area (Å²) in [6, 6.07) is 5.22. The molecule has 1 fully saturated rings. The van der Waals surface area contributed by atoms with E-state index in [1.54, 1.807) is 7.11 Å². The monoisotopic (exact) mass is 357 g/mol. The van der Waals surface area contributed by atoms with Crippen molar-refractivity contribution in [1.82, 2.24) is 15.3 Å². The van der Waals surface area contributed by atoms with Gasteiger partial charge in [0, 0.05) is 19.0 Å². The molecule has 0 amide bonds. The summed E-state index contributed by atoms with van der Waals surface area (Å²) in [5.41, 5.74) is 2.27. The maximum atomic E-state index is 11.7. The number of nitrogens with one attached hydrogen (secondary N) is 1. The van der Waals surface area contributed by atoms with E-state index in [9.17, 15) is 4.79 Å². The Hall–Kier alpha value is -2.67. The number of fused-ring (bicyclic) bond motifs is 1. The van der Waals surface area contributed by atoms with Crippen molar-refractivity contribution in [3.8, 4) is 11.6 Å². The Morgan fingerprint density at radius 2 is 2.19 bits per heavy atom. The Kier molecular flexibility index (Phi) is 5.68. The lowest BCUT2D eigenvalue weighted by Gasteiger charge is -2.15. The van der Waals surface area contributed by atoms with Crippen molar-refractivity contribution >= 4 is 17.0 Å². The summed E-state index contributed by atoms with van der Waals surface area (Å²) >= 11 is 0. The molecule has 1 aliphatic rings. The first-order chi connectivity index (χ1) is 12.6. The average molecular weight is 357 g/mol. The van der Waals surface area contributed by atoms with Gasteiger partial charge in [0.15, 0.2) is 0 Å². The zero-order valence-electron chi connectivity index (χ0n) is 15.0. The molecule has 7 heteroatoms. The number of allylic oxidation sites excluding steroid dienone is 1. The Bertz CT molecular complexity index is 809. The van der Waals surface area contributed by atoms with Crippen molar-refractivity contribution < 1.29 is 19.0 Å². The van der Waals surface area contributed by atoms with E-state index in [1.165, 1.54) is 7.11 Å². The van der Waals surface area contributed by atoms with E-state index in [0.29, 0.717) is 36.5 Å². The van der Waals surface area contributed by atoms with Crippen LogP contribution in [0.1, 0.15) is 18.5 Å².